The van der Waals surface area contributed by atoms with Crippen LogP contribution in [-0.4, -0.2) is 83.3 Å². The lowest BCUT2D eigenvalue weighted by Gasteiger charge is -2.45. The van der Waals surface area contributed by atoms with Crippen LogP contribution in [0.1, 0.15) is 53.2 Å². The Morgan fingerprint density at radius 3 is 2.58 bits per heavy atom. The molecule has 1 aromatic carbocycles. The molecule has 3 fully saturated rings. The number of nitrogens with zero attached hydrogens (tertiary/aromatic N) is 5. The largest absolute Gasteiger partial charge is 0.399 e. The summed E-state index contributed by atoms with van der Waals surface area (Å²) in [6.45, 7) is -0.398. The van der Waals surface area contributed by atoms with Crippen LogP contribution >= 0.6 is 18.9 Å². The van der Waals surface area contributed by atoms with Gasteiger partial charge in [-0.2, -0.15) is 8.78 Å². The lowest BCUT2D eigenvalue weighted by molar-refractivity contribution is -0.156. The number of rotatable bonds is 6. The lowest BCUT2D eigenvalue weighted by atomic mass is 9.93. The van der Waals surface area contributed by atoms with E-state index in [-0.39, 0.29) is 41.1 Å². The zero-order valence-electron chi connectivity index (χ0n) is 22.8. The topological polar surface area (TPSA) is 158 Å². The summed E-state index contributed by atoms with van der Waals surface area (Å²) in [5.74, 6) is -1.25. The van der Waals surface area contributed by atoms with Gasteiger partial charge in [0.25, 0.3) is 5.91 Å². The van der Waals surface area contributed by atoms with Crippen LogP contribution in [0.5, 0.6) is 0 Å². The normalized spacial score (nSPS) is 24.0. The zero-order valence-corrected chi connectivity index (χ0v) is 24.5. The van der Waals surface area contributed by atoms with E-state index in [9.17, 15) is 27.7 Å². The standard InChI is InChI=1S/C26H28F3N6O6PS/c1-33-13-30-32-24(33)25(27)11-34(12-25)23(38)18-7-6-16-3-2-4-17(22(37)35(16)18)31-21(36)20-10-14-9-15(5-8-19(14)43-20)26(28,29)42(39,40)41/h5,8-10,13,16-18H,2-4,6-7,11-12H2,1H3,(H,31,36)(H2,39,40,41)/t16-,17-,18-/m0/s1. The van der Waals surface area contributed by atoms with Crippen LogP contribution in [0.4, 0.5) is 13.2 Å². The fraction of sp³-hybridized carbons (Fsp3) is 0.500. The third-order valence-corrected chi connectivity index (χ3v) is 10.5. The van der Waals surface area contributed by atoms with Crippen LogP contribution < -0.4 is 5.32 Å². The number of fused-ring (bicyclic) bond motifs is 2. The molecule has 0 saturated carbocycles. The highest BCUT2D eigenvalue weighted by molar-refractivity contribution is 7.52. The molecule has 17 heteroatoms. The molecule has 3 saturated heterocycles. The zero-order chi connectivity index (χ0) is 30.9. The summed E-state index contributed by atoms with van der Waals surface area (Å²) in [5.41, 5.74) is -7.10. The number of aryl methyl sites for hydroxylation is 1. The van der Waals surface area contributed by atoms with E-state index in [1.165, 1.54) is 32.8 Å². The summed E-state index contributed by atoms with van der Waals surface area (Å²) >= 11 is 0.983. The molecule has 0 spiro atoms. The van der Waals surface area contributed by atoms with Crippen LogP contribution in [0.3, 0.4) is 0 Å². The molecule has 0 aliphatic carbocycles. The van der Waals surface area contributed by atoms with Crippen molar-refractivity contribution in [3.8, 4) is 0 Å². The van der Waals surface area contributed by atoms with Gasteiger partial charge >= 0.3 is 13.3 Å². The first-order valence-electron chi connectivity index (χ1n) is 13.6. The summed E-state index contributed by atoms with van der Waals surface area (Å²) in [4.78, 5) is 61.4. The fourth-order valence-electron chi connectivity index (χ4n) is 6.23. The van der Waals surface area contributed by atoms with Crippen molar-refractivity contribution >= 4 is 46.7 Å². The molecular formula is C26H28F3N6O6PS. The van der Waals surface area contributed by atoms with Gasteiger partial charge in [-0.3, -0.25) is 18.9 Å². The van der Waals surface area contributed by atoms with Gasteiger partial charge in [-0.25, -0.2) is 4.39 Å². The van der Waals surface area contributed by atoms with Gasteiger partial charge in [0.2, 0.25) is 17.5 Å². The van der Waals surface area contributed by atoms with Gasteiger partial charge in [-0.05, 0) is 55.7 Å². The second-order valence-corrected chi connectivity index (χ2v) is 14.1. The minimum atomic E-state index is -5.77. The number of benzene rings is 1. The minimum absolute atomic E-state index is 0.123. The van der Waals surface area contributed by atoms with Crippen molar-refractivity contribution in [1.82, 2.24) is 29.9 Å². The molecule has 43 heavy (non-hydrogen) atoms. The fourth-order valence-corrected chi connectivity index (χ4v) is 7.65. The van der Waals surface area contributed by atoms with Crippen LogP contribution in [0.25, 0.3) is 10.1 Å². The molecule has 2 aromatic heterocycles. The molecule has 3 N–H and O–H groups in total. The Hall–Kier alpha value is -3.33. The van der Waals surface area contributed by atoms with Crippen LogP contribution in [0.15, 0.2) is 30.6 Å². The maximum Gasteiger partial charge on any atom is 0.399 e. The number of hydrogen-bond acceptors (Lipinski definition) is 7. The van der Waals surface area contributed by atoms with Crippen molar-refractivity contribution < 1.29 is 41.9 Å². The molecule has 12 nitrogen and oxygen atoms in total. The summed E-state index contributed by atoms with van der Waals surface area (Å²) < 4.78 is 56.9. The number of thiophene rings is 1. The Morgan fingerprint density at radius 2 is 1.91 bits per heavy atom. The molecule has 3 aromatic rings. The van der Waals surface area contributed by atoms with Gasteiger partial charge in [-0.1, -0.05) is 6.07 Å². The highest BCUT2D eigenvalue weighted by Crippen LogP contribution is 2.59. The van der Waals surface area contributed by atoms with E-state index >= 15 is 4.39 Å². The number of likely N-dealkylation sites (tertiary alicyclic amines) is 1. The molecule has 5 heterocycles. The van der Waals surface area contributed by atoms with Gasteiger partial charge < -0.3 is 29.5 Å². The summed E-state index contributed by atoms with van der Waals surface area (Å²) in [6.07, 6.45) is 4.02. The number of nitrogens with one attached hydrogen (secondary N) is 1. The van der Waals surface area contributed by atoms with Crippen LogP contribution in [0.2, 0.25) is 0 Å². The average molecular weight is 641 g/mol. The van der Waals surface area contributed by atoms with E-state index in [1.54, 1.807) is 7.05 Å². The summed E-state index contributed by atoms with van der Waals surface area (Å²) in [5, 5.41) is 10.4. The Kier molecular flexibility index (Phi) is 7.18. The first-order chi connectivity index (χ1) is 20.2. The van der Waals surface area contributed by atoms with Gasteiger partial charge in [0.15, 0.2) is 5.82 Å². The van der Waals surface area contributed by atoms with Crippen LogP contribution in [-0.2, 0) is 32.5 Å². The quantitative estimate of drug-likeness (QED) is 0.347. The highest BCUT2D eigenvalue weighted by Gasteiger charge is 2.54. The molecule has 3 atom stereocenters. The van der Waals surface area contributed by atoms with Gasteiger partial charge in [-0.15, -0.1) is 21.5 Å². The molecule has 6 rings (SSSR count). The average Bonchev–Trinajstić information content (AvgIpc) is 3.65. The predicted molar refractivity (Wildman–Crippen MR) is 147 cm³/mol. The van der Waals surface area contributed by atoms with Gasteiger partial charge in [0.05, 0.1) is 18.0 Å². The maximum atomic E-state index is 15.4. The number of hydrogen-bond donors (Lipinski definition) is 3. The maximum absolute atomic E-state index is 15.4. The van der Waals surface area contributed by atoms with Crippen molar-refractivity contribution in [2.24, 2.45) is 7.05 Å². The molecular weight excluding hydrogens is 612 g/mol. The SMILES string of the molecule is Cn1cnnc1C1(F)CN(C(=O)[C@@H]2CC[C@@H]3CCC[C@H](NC(=O)c4cc5cc(C(F)(F)P(=O)(O)O)ccc5s4)C(=O)N32)C1. The van der Waals surface area contributed by atoms with E-state index < -0.39 is 48.4 Å². The number of amides is 3. The molecule has 0 unspecified atom stereocenters. The lowest BCUT2D eigenvalue weighted by Crippen LogP contribution is -2.64. The Bertz CT molecular complexity index is 1670. The number of alkyl halides is 3. The van der Waals surface area contributed by atoms with Crippen molar-refractivity contribution in [3.05, 3.63) is 46.9 Å². The van der Waals surface area contributed by atoms with Crippen molar-refractivity contribution in [2.75, 3.05) is 13.1 Å². The molecule has 3 amide bonds. The third kappa shape index (κ3) is 5.03. The van der Waals surface area contributed by atoms with Crippen molar-refractivity contribution in [1.29, 1.82) is 0 Å². The van der Waals surface area contributed by atoms with E-state index in [0.717, 1.165) is 23.5 Å². The first-order valence-corrected chi connectivity index (χ1v) is 16.1. The second kappa shape index (κ2) is 10.4. The van der Waals surface area contributed by atoms with E-state index in [2.05, 4.69) is 15.5 Å². The number of aromatic nitrogens is 3. The second-order valence-electron chi connectivity index (χ2n) is 11.3. The minimum Gasteiger partial charge on any atom is -0.340 e. The van der Waals surface area contributed by atoms with E-state index in [1.807, 2.05) is 0 Å². The molecule has 0 radical (unpaired) electrons. The van der Waals surface area contributed by atoms with E-state index in [0.29, 0.717) is 36.8 Å². The van der Waals surface area contributed by atoms with Gasteiger partial charge in [0.1, 0.15) is 18.4 Å². The highest BCUT2D eigenvalue weighted by atomic mass is 32.1. The Balaban J connectivity index is 1.16. The van der Waals surface area contributed by atoms with E-state index in [4.69, 9.17) is 9.79 Å². The predicted octanol–water partition coefficient (Wildman–Crippen LogP) is 2.61. The number of halogens is 3. The van der Waals surface area contributed by atoms with Crippen LogP contribution in [0, 0.1) is 0 Å². The number of carbonyl (C=O) groups is 3. The summed E-state index contributed by atoms with van der Waals surface area (Å²) in [6, 6.07) is 2.51. The Labute approximate surface area is 247 Å². The molecule has 230 valence electrons. The molecule has 0 bridgehead atoms. The first kappa shape index (κ1) is 29.7. The monoisotopic (exact) mass is 640 g/mol. The van der Waals surface area contributed by atoms with Gasteiger partial charge in [0, 0.05) is 23.4 Å². The smallest absolute Gasteiger partial charge is 0.340 e. The van der Waals surface area contributed by atoms with Crippen molar-refractivity contribution in [3.63, 3.8) is 0 Å². The third-order valence-electron chi connectivity index (χ3n) is 8.44. The molecule has 3 aliphatic rings. The molecule has 3 aliphatic heterocycles. The number of carbonyl (C=O) groups excluding carboxylic acids is 3. The van der Waals surface area contributed by atoms with Crippen molar-refractivity contribution in [2.45, 2.75) is 61.6 Å². The summed E-state index contributed by atoms with van der Waals surface area (Å²) in [7, 11) is -4.15. The Morgan fingerprint density at radius 1 is 1.16 bits per heavy atom.